The number of H-pyrrole nitrogens is 2. The van der Waals surface area contributed by atoms with Crippen molar-refractivity contribution in [2.75, 3.05) is 0 Å². The second-order valence-corrected chi connectivity index (χ2v) is 16.1. The highest BCUT2D eigenvalue weighted by atomic mass is 16.2. The lowest BCUT2D eigenvalue weighted by atomic mass is 9.82. The number of carbonyl (C=O) groups excluding carboxylic acids is 8. The number of allylic oxidation sites excluding steroid dienone is 8. The van der Waals surface area contributed by atoms with E-state index in [4.69, 9.17) is 9.97 Å². The standard InChI is InChI=1S/C44H30N4O8/c1-15-3-5-19(39(51)37(15)49)21-7-17-9-29-33-23-11-25(43(55)41(23)53)35(33)31(47-29)14-32-36-26-12-24(42(54)44(26)56)34(36)30(48-32)10-18-8-22(28(46-18)13-27(21)45-17)20-6-4-16(2)38(50)40(20)52/h3-10,13-16,19-20,23-26,45-46H,11-12H2,1-2H3. The molecule has 0 radical (unpaired) electrons. The monoisotopic (exact) mass is 742 g/mol. The van der Waals surface area contributed by atoms with Gasteiger partial charge in [0.2, 0.25) is 46.3 Å². The van der Waals surface area contributed by atoms with Crippen LogP contribution in [-0.4, -0.2) is 66.2 Å². The number of nitrogens with one attached hydrogen (secondary N) is 2. The summed E-state index contributed by atoms with van der Waals surface area (Å²) in [7, 11) is 0. The molecular formula is C44H30N4O8. The van der Waals surface area contributed by atoms with Crippen molar-refractivity contribution in [1.82, 2.24) is 19.9 Å². The Labute approximate surface area is 316 Å². The molecule has 8 atom stereocenters. The van der Waals surface area contributed by atoms with Crippen molar-refractivity contribution in [1.29, 1.82) is 0 Å². The molecule has 8 unspecified atom stereocenters. The van der Waals surface area contributed by atoms with Crippen LogP contribution in [0.4, 0.5) is 0 Å². The third-order valence-corrected chi connectivity index (χ3v) is 12.9. The highest BCUT2D eigenvalue weighted by Crippen LogP contribution is 2.57. The largest absolute Gasteiger partial charge is 0.355 e. The Morgan fingerprint density at radius 1 is 0.429 bits per heavy atom. The minimum atomic E-state index is -0.921. The zero-order valence-corrected chi connectivity index (χ0v) is 30.0. The summed E-state index contributed by atoms with van der Waals surface area (Å²) in [6.07, 6.45) is 7.48. The number of hydrogen-bond acceptors (Lipinski definition) is 10. The topological polar surface area (TPSA) is 194 Å². The molecule has 3 aromatic heterocycles. The molecular weight excluding hydrogens is 713 g/mol. The first kappa shape index (κ1) is 32.8. The molecule has 2 saturated carbocycles. The fraction of sp³-hybridized carbons (Fsp3) is 0.273. The summed E-state index contributed by atoms with van der Waals surface area (Å²) in [4.78, 5) is 122. The number of rotatable bonds is 2. The number of Topliss-reactive ketones (excluding diaryl/α,β-unsaturated/α-hetero) is 8. The molecule has 12 nitrogen and oxygen atoms in total. The van der Waals surface area contributed by atoms with Gasteiger partial charge in [0.25, 0.3) is 0 Å². The Morgan fingerprint density at radius 2 is 0.786 bits per heavy atom. The minimum Gasteiger partial charge on any atom is -0.355 e. The summed E-state index contributed by atoms with van der Waals surface area (Å²) in [6.45, 7) is 3.33. The van der Waals surface area contributed by atoms with E-state index in [1.54, 1.807) is 74.5 Å². The molecule has 56 heavy (non-hydrogen) atoms. The first-order valence-corrected chi connectivity index (χ1v) is 18.8. The lowest BCUT2D eigenvalue weighted by Crippen LogP contribution is -2.29. The van der Waals surface area contributed by atoms with E-state index in [-0.39, 0.29) is 0 Å². The summed E-state index contributed by atoms with van der Waals surface area (Å²) in [5, 5.41) is 0. The number of ketones is 8. The Balaban J connectivity index is 1.24. The maximum absolute atomic E-state index is 13.5. The lowest BCUT2D eigenvalue weighted by Gasteiger charge is -2.18. The van der Waals surface area contributed by atoms with Crippen molar-refractivity contribution in [3.8, 4) is 0 Å². The molecule has 274 valence electrons. The van der Waals surface area contributed by atoms with Gasteiger partial charge in [-0.3, -0.25) is 38.4 Å². The smallest absolute Gasteiger partial charge is 0.210 e. The average molecular weight is 743 g/mol. The van der Waals surface area contributed by atoms with Crippen LogP contribution in [0.25, 0.3) is 44.4 Å². The van der Waals surface area contributed by atoms with E-state index in [9.17, 15) is 38.4 Å². The zero-order chi connectivity index (χ0) is 38.6. The van der Waals surface area contributed by atoms with Crippen molar-refractivity contribution in [2.45, 2.75) is 38.5 Å². The third-order valence-electron chi connectivity index (χ3n) is 12.9. The Morgan fingerprint density at radius 3 is 1.16 bits per heavy atom. The fourth-order valence-corrected chi connectivity index (χ4v) is 10.2. The van der Waals surface area contributed by atoms with Gasteiger partial charge in [-0.2, -0.15) is 0 Å². The van der Waals surface area contributed by atoms with Crippen LogP contribution in [0.15, 0.2) is 60.7 Å². The Bertz CT molecular complexity index is 2710. The van der Waals surface area contributed by atoms with Gasteiger partial charge in [-0.15, -0.1) is 0 Å². The SMILES string of the molecule is CC1C=CC(c2cc3cc4nc(cc5nc(cc6cc(C7C=CC(C)C(=O)C7=O)c(cc2[nH]3)[nH]6)C2=C5C3CC2C(=O)C3=O)C2=C4C3CC2C(=O)C3=O)C(=O)C1=O. The molecule has 0 saturated heterocycles. The summed E-state index contributed by atoms with van der Waals surface area (Å²) >= 11 is 0. The van der Waals surface area contributed by atoms with Crippen molar-refractivity contribution < 1.29 is 38.4 Å². The molecule has 0 spiro atoms. The molecule has 2 fully saturated rings. The van der Waals surface area contributed by atoms with Gasteiger partial charge in [0.05, 0.1) is 58.3 Å². The van der Waals surface area contributed by atoms with E-state index in [2.05, 4.69) is 9.97 Å². The number of hydrogen-bond donors (Lipinski definition) is 2. The van der Waals surface area contributed by atoms with Gasteiger partial charge in [0.1, 0.15) is 0 Å². The van der Waals surface area contributed by atoms with Gasteiger partial charge in [-0.1, -0.05) is 38.2 Å². The fourth-order valence-electron chi connectivity index (χ4n) is 10.2. The van der Waals surface area contributed by atoms with Gasteiger partial charge >= 0.3 is 0 Å². The minimum absolute atomic E-state index is 0.332. The van der Waals surface area contributed by atoms with Crippen LogP contribution >= 0.6 is 0 Å². The Hall–Kier alpha value is -6.56. The van der Waals surface area contributed by atoms with Crippen molar-refractivity contribution in [3.05, 3.63) is 94.6 Å². The van der Waals surface area contributed by atoms with E-state index >= 15 is 0 Å². The maximum atomic E-state index is 13.5. The molecule has 12 heteroatoms. The van der Waals surface area contributed by atoms with Crippen molar-refractivity contribution in [2.24, 2.45) is 35.5 Å². The van der Waals surface area contributed by atoms with Gasteiger partial charge in [-0.05, 0) is 82.7 Å². The lowest BCUT2D eigenvalue weighted by molar-refractivity contribution is -0.138. The van der Waals surface area contributed by atoms with Gasteiger partial charge in [-0.25, -0.2) is 9.97 Å². The van der Waals surface area contributed by atoms with Crippen LogP contribution in [0, 0.1) is 35.5 Å². The third kappa shape index (κ3) is 4.23. The number of carbonyl (C=O) groups is 8. The van der Waals surface area contributed by atoms with E-state index in [1.807, 2.05) is 0 Å². The predicted octanol–water partition coefficient (Wildman–Crippen LogP) is 4.57. The first-order valence-electron chi connectivity index (χ1n) is 18.8. The zero-order valence-electron chi connectivity index (χ0n) is 30.0. The van der Waals surface area contributed by atoms with Crippen molar-refractivity contribution in [3.63, 3.8) is 0 Å². The van der Waals surface area contributed by atoms with Gasteiger partial charge in [0.15, 0.2) is 0 Å². The van der Waals surface area contributed by atoms with Crippen LogP contribution in [0.1, 0.15) is 72.4 Å². The molecule has 5 heterocycles. The summed E-state index contributed by atoms with van der Waals surface area (Å²) in [5.41, 5.74) is 7.32. The highest BCUT2D eigenvalue weighted by Gasteiger charge is 2.56. The number of fused-ring (bicyclic) bond motifs is 20. The molecule has 0 aromatic carbocycles. The van der Waals surface area contributed by atoms with E-state index in [0.29, 0.717) is 91.1 Å². The van der Waals surface area contributed by atoms with Gasteiger partial charge < -0.3 is 9.97 Å². The second kappa shape index (κ2) is 11.0. The molecule has 8 aliphatic rings. The first-order chi connectivity index (χ1) is 26.9. The molecule has 2 N–H and O–H groups in total. The van der Waals surface area contributed by atoms with E-state index in [0.717, 1.165) is 0 Å². The number of aromatic nitrogens is 4. The predicted molar refractivity (Wildman–Crippen MR) is 200 cm³/mol. The van der Waals surface area contributed by atoms with Crippen LogP contribution in [0.2, 0.25) is 0 Å². The molecule has 12 bridgehead atoms. The summed E-state index contributed by atoms with van der Waals surface area (Å²) < 4.78 is 0. The highest BCUT2D eigenvalue weighted by molar-refractivity contribution is 6.49. The maximum Gasteiger partial charge on any atom is 0.210 e. The van der Waals surface area contributed by atoms with Crippen LogP contribution in [-0.2, 0) is 38.4 Å². The quantitative estimate of drug-likeness (QED) is 0.278. The molecule has 6 aliphatic carbocycles. The Kier molecular flexibility index (Phi) is 6.46. The van der Waals surface area contributed by atoms with Crippen LogP contribution < -0.4 is 0 Å². The van der Waals surface area contributed by atoms with E-state index < -0.39 is 93.6 Å². The molecule has 3 aromatic rings. The average Bonchev–Trinajstić information content (AvgIpc) is 4.04. The second-order valence-electron chi connectivity index (χ2n) is 16.1. The van der Waals surface area contributed by atoms with Gasteiger partial charge in [0, 0.05) is 33.9 Å². The van der Waals surface area contributed by atoms with Crippen LogP contribution in [0.3, 0.4) is 0 Å². The summed E-state index contributed by atoms with van der Waals surface area (Å²) in [5.74, 6) is -9.68. The molecule has 11 rings (SSSR count). The summed E-state index contributed by atoms with van der Waals surface area (Å²) in [6, 6.07) is 10.5. The number of aromatic amines is 2. The number of nitrogens with zero attached hydrogens (tertiary/aromatic N) is 2. The molecule has 2 aliphatic heterocycles. The van der Waals surface area contributed by atoms with Crippen molar-refractivity contribution >= 4 is 90.6 Å². The van der Waals surface area contributed by atoms with Crippen LogP contribution in [0.5, 0.6) is 0 Å². The molecule has 0 amide bonds. The van der Waals surface area contributed by atoms with E-state index in [1.165, 1.54) is 0 Å². The normalized spacial score (nSPS) is 30.2.